The molecular formula is C16H15ClN6O. The fourth-order valence-corrected chi connectivity index (χ4v) is 2.17. The standard InChI is InChI=1S/C16H15ClN6O/c17-13-4-2-12(3-5-13)16(24)19-8-7-18-14-10-15(21-11-20-14)23-9-1-6-22-23/h1-6,9-11H,7-8H2,(H,19,24)(H,18,20,21). The van der Waals surface area contributed by atoms with E-state index >= 15 is 0 Å². The summed E-state index contributed by atoms with van der Waals surface area (Å²) in [7, 11) is 0. The third-order valence-electron chi connectivity index (χ3n) is 3.21. The lowest BCUT2D eigenvalue weighted by atomic mass is 10.2. The summed E-state index contributed by atoms with van der Waals surface area (Å²) in [6.07, 6.45) is 4.95. The van der Waals surface area contributed by atoms with Crippen LogP contribution in [0, 0.1) is 0 Å². The first-order valence-corrected chi connectivity index (χ1v) is 7.70. The number of hydrogen-bond acceptors (Lipinski definition) is 5. The molecule has 0 saturated heterocycles. The highest BCUT2D eigenvalue weighted by Gasteiger charge is 2.05. The van der Waals surface area contributed by atoms with Crippen LogP contribution in [-0.4, -0.2) is 38.7 Å². The van der Waals surface area contributed by atoms with Gasteiger partial charge in [-0.1, -0.05) is 11.6 Å². The molecule has 1 aromatic carbocycles. The Kier molecular flexibility index (Phi) is 5.02. The second-order valence-corrected chi connectivity index (χ2v) is 5.34. The third kappa shape index (κ3) is 4.08. The summed E-state index contributed by atoms with van der Waals surface area (Å²) in [5.41, 5.74) is 0.572. The van der Waals surface area contributed by atoms with Gasteiger partial charge in [-0.3, -0.25) is 4.79 Å². The highest BCUT2D eigenvalue weighted by molar-refractivity contribution is 6.30. The fraction of sp³-hybridized carbons (Fsp3) is 0.125. The van der Waals surface area contributed by atoms with Crippen molar-refractivity contribution in [3.05, 3.63) is 65.7 Å². The largest absolute Gasteiger partial charge is 0.368 e. The molecule has 3 aromatic rings. The molecule has 7 nitrogen and oxygen atoms in total. The Morgan fingerprint density at radius 2 is 2.00 bits per heavy atom. The van der Waals surface area contributed by atoms with Crippen LogP contribution in [-0.2, 0) is 0 Å². The quantitative estimate of drug-likeness (QED) is 0.670. The lowest BCUT2D eigenvalue weighted by Crippen LogP contribution is -2.28. The first kappa shape index (κ1) is 15.9. The molecule has 0 aliphatic carbocycles. The zero-order valence-corrected chi connectivity index (χ0v) is 13.4. The molecule has 0 aliphatic rings. The molecule has 0 bridgehead atoms. The molecule has 0 spiro atoms. The minimum Gasteiger partial charge on any atom is -0.368 e. The van der Waals surface area contributed by atoms with Crippen molar-refractivity contribution in [2.75, 3.05) is 18.4 Å². The average Bonchev–Trinajstić information content (AvgIpc) is 3.14. The van der Waals surface area contributed by atoms with E-state index in [9.17, 15) is 4.79 Å². The second kappa shape index (κ2) is 7.56. The van der Waals surface area contributed by atoms with Gasteiger partial charge in [0.25, 0.3) is 5.91 Å². The lowest BCUT2D eigenvalue weighted by Gasteiger charge is -2.08. The van der Waals surface area contributed by atoms with Gasteiger partial charge >= 0.3 is 0 Å². The second-order valence-electron chi connectivity index (χ2n) is 4.90. The first-order chi connectivity index (χ1) is 11.7. The summed E-state index contributed by atoms with van der Waals surface area (Å²) >= 11 is 5.80. The molecule has 2 heterocycles. The molecule has 122 valence electrons. The highest BCUT2D eigenvalue weighted by Crippen LogP contribution is 2.09. The molecule has 0 aliphatic heterocycles. The highest BCUT2D eigenvalue weighted by atomic mass is 35.5. The van der Waals surface area contributed by atoms with Crippen LogP contribution in [0.25, 0.3) is 5.82 Å². The van der Waals surface area contributed by atoms with E-state index < -0.39 is 0 Å². The number of hydrogen-bond donors (Lipinski definition) is 2. The summed E-state index contributed by atoms with van der Waals surface area (Å²) in [5, 5.41) is 10.7. The molecule has 3 rings (SSSR count). The maximum atomic E-state index is 12.0. The van der Waals surface area contributed by atoms with Gasteiger partial charge in [0.15, 0.2) is 5.82 Å². The Hall–Kier alpha value is -2.93. The molecule has 2 aromatic heterocycles. The van der Waals surface area contributed by atoms with Gasteiger partial charge in [0.1, 0.15) is 12.1 Å². The molecule has 1 amide bonds. The van der Waals surface area contributed by atoms with Crippen LogP contribution in [0.2, 0.25) is 5.02 Å². The van der Waals surface area contributed by atoms with Crippen LogP contribution < -0.4 is 10.6 Å². The number of aromatic nitrogens is 4. The van der Waals surface area contributed by atoms with E-state index in [1.54, 1.807) is 47.4 Å². The zero-order chi connectivity index (χ0) is 16.8. The van der Waals surface area contributed by atoms with Gasteiger partial charge in [0, 0.05) is 42.1 Å². The number of anilines is 1. The molecular weight excluding hydrogens is 328 g/mol. The van der Waals surface area contributed by atoms with Gasteiger partial charge in [-0.25, -0.2) is 14.6 Å². The lowest BCUT2D eigenvalue weighted by molar-refractivity contribution is 0.0955. The Balaban J connectivity index is 1.49. The Labute approximate surface area is 143 Å². The Morgan fingerprint density at radius 3 is 2.75 bits per heavy atom. The van der Waals surface area contributed by atoms with Crippen LogP contribution in [0.4, 0.5) is 5.82 Å². The van der Waals surface area contributed by atoms with Crippen molar-refractivity contribution in [3.8, 4) is 5.82 Å². The van der Waals surface area contributed by atoms with E-state index in [0.717, 1.165) is 0 Å². The summed E-state index contributed by atoms with van der Waals surface area (Å²) in [5.74, 6) is 1.19. The molecule has 0 radical (unpaired) electrons. The van der Waals surface area contributed by atoms with Gasteiger partial charge < -0.3 is 10.6 Å². The molecule has 8 heteroatoms. The Morgan fingerprint density at radius 1 is 1.17 bits per heavy atom. The number of rotatable bonds is 6. The molecule has 0 atom stereocenters. The third-order valence-corrected chi connectivity index (χ3v) is 3.47. The number of nitrogens with zero attached hydrogens (tertiary/aromatic N) is 4. The SMILES string of the molecule is O=C(NCCNc1cc(-n2cccn2)ncn1)c1ccc(Cl)cc1. The number of benzene rings is 1. The fourth-order valence-electron chi connectivity index (χ4n) is 2.04. The van der Waals surface area contributed by atoms with E-state index in [1.807, 2.05) is 6.07 Å². The number of amides is 1. The number of carbonyl (C=O) groups is 1. The van der Waals surface area contributed by atoms with E-state index in [1.165, 1.54) is 6.33 Å². The van der Waals surface area contributed by atoms with Gasteiger partial charge in [0.2, 0.25) is 0 Å². The summed E-state index contributed by atoms with van der Waals surface area (Å²) < 4.78 is 1.65. The van der Waals surface area contributed by atoms with E-state index in [0.29, 0.717) is 35.3 Å². The van der Waals surface area contributed by atoms with Crippen LogP contribution in [0.3, 0.4) is 0 Å². The number of halogens is 1. The summed E-state index contributed by atoms with van der Waals surface area (Å²) in [4.78, 5) is 20.3. The predicted octanol–water partition coefficient (Wildman–Crippen LogP) is 2.16. The smallest absolute Gasteiger partial charge is 0.251 e. The first-order valence-electron chi connectivity index (χ1n) is 7.32. The van der Waals surface area contributed by atoms with Gasteiger partial charge in [0.05, 0.1) is 0 Å². The maximum absolute atomic E-state index is 12.0. The molecule has 24 heavy (non-hydrogen) atoms. The molecule has 0 saturated carbocycles. The zero-order valence-electron chi connectivity index (χ0n) is 12.7. The average molecular weight is 343 g/mol. The minimum atomic E-state index is -0.145. The van der Waals surface area contributed by atoms with Crippen LogP contribution >= 0.6 is 11.6 Å². The van der Waals surface area contributed by atoms with Crippen molar-refractivity contribution in [1.29, 1.82) is 0 Å². The van der Waals surface area contributed by atoms with Gasteiger partial charge in [-0.15, -0.1) is 0 Å². The normalized spacial score (nSPS) is 10.4. The maximum Gasteiger partial charge on any atom is 0.251 e. The molecule has 2 N–H and O–H groups in total. The van der Waals surface area contributed by atoms with Crippen LogP contribution in [0.1, 0.15) is 10.4 Å². The van der Waals surface area contributed by atoms with Gasteiger partial charge in [-0.2, -0.15) is 5.10 Å². The van der Waals surface area contributed by atoms with E-state index in [-0.39, 0.29) is 5.91 Å². The van der Waals surface area contributed by atoms with E-state index in [2.05, 4.69) is 25.7 Å². The number of nitrogens with one attached hydrogen (secondary N) is 2. The summed E-state index contributed by atoms with van der Waals surface area (Å²) in [6, 6.07) is 10.4. The number of carbonyl (C=O) groups excluding carboxylic acids is 1. The van der Waals surface area contributed by atoms with Crippen molar-refractivity contribution in [2.24, 2.45) is 0 Å². The van der Waals surface area contributed by atoms with Crippen molar-refractivity contribution in [1.82, 2.24) is 25.1 Å². The van der Waals surface area contributed by atoms with E-state index in [4.69, 9.17) is 11.6 Å². The molecule has 0 fully saturated rings. The predicted molar refractivity (Wildman–Crippen MR) is 91.4 cm³/mol. The van der Waals surface area contributed by atoms with Crippen LogP contribution in [0.5, 0.6) is 0 Å². The molecule has 0 unspecified atom stereocenters. The van der Waals surface area contributed by atoms with Crippen molar-refractivity contribution in [3.63, 3.8) is 0 Å². The minimum absolute atomic E-state index is 0.145. The topological polar surface area (TPSA) is 84.7 Å². The monoisotopic (exact) mass is 342 g/mol. The van der Waals surface area contributed by atoms with Gasteiger partial charge in [-0.05, 0) is 30.3 Å². The van der Waals surface area contributed by atoms with Crippen LogP contribution in [0.15, 0.2) is 55.1 Å². The summed E-state index contributed by atoms with van der Waals surface area (Å²) in [6.45, 7) is 0.997. The van der Waals surface area contributed by atoms with Crippen molar-refractivity contribution < 1.29 is 4.79 Å². The van der Waals surface area contributed by atoms with Crippen molar-refractivity contribution in [2.45, 2.75) is 0 Å². The Bertz CT molecular complexity index is 804. The van der Waals surface area contributed by atoms with Crippen molar-refractivity contribution >= 4 is 23.3 Å².